The molecule has 2 aromatic rings. The molecule has 0 bridgehead atoms. The van der Waals surface area contributed by atoms with Crippen LogP contribution in [0, 0.1) is 18.8 Å². The average molecular weight is 485 g/mol. The lowest BCUT2D eigenvalue weighted by atomic mass is 9.81. The van der Waals surface area contributed by atoms with Crippen molar-refractivity contribution in [1.29, 1.82) is 0 Å². The van der Waals surface area contributed by atoms with Gasteiger partial charge in [-0.1, -0.05) is 12.8 Å². The van der Waals surface area contributed by atoms with Crippen LogP contribution in [0.4, 0.5) is 5.69 Å². The second-order valence-corrected chi connectivity index (χ2v) is 10.5. The van der Waals surface area contributed by atoms with Gasteiger partial charge < -0.3 is 5.32 Å². The Bertz CT molecular complexity index is 1010. The minimum absolute atomic E-state index is 0.169. The maximum Gasteiger partial charge on any atom is 0.247 e. The van der Waals surface area contributed by atoms with Crippen molar-refractivity contribution in [3.63, 3.8) is 0 Å². The summed E-state index contributed by atoms with van der Waals surface area (Å²) >= 11 is 3.05. The summed E-state index contributed by atoms with van der Waals surface area (Å²) in [5.74, 6) is -0.465. The molecule has 1 aliphatic carbocycles. The Labute approximate surface area is 202 Å². The Morgan fingerprint density at radius 1 is 1.15 bits per heavy atom. The van der Waals surface area contributed by atoms with Gasteiger partial charge in [0.15, 0.2) is 5.16 Å². The average Bonchev–Trinajstić information content (AvgIpc) is 3.07. The van der Waals surface area contributed by atoms with Gasteiger partial charge in [0, 0.05) is 23.0 Å². The number of imide groups is 1. The molecule has 0 spiro atoms. The number of fused-ring (bicyclic) bond motifs is 1. The van der Waals surface area contributed by atoms with Gasteiger partial charge in [0.1, 0.15) is 6.04 Å². The minimum Gasteiger partial charge on any atom is -0.324 e. The summed E-state index contributed by atoms with van der Waals surface area (Å²) in [6, 6.07) is 6.70. The van der Waals surface area contributed by atoms with Gasteiger partial charge >= 0.3 is 0 Å². The maximum absolute atomic E-state index is 13.3. The number of carbonyl (C=O) groups excluding carboxylic acids is 3. The summed E-state index contributed by atoms with van der Waals surface area (Å²) in [7, 11) is 0. The molecule has 174 valence electrons. The van der Waals surface area contributed by atoms with Crippen LogP contribution in [0.25, 0.3) is 0 Å². The van der Waals surface area contributed by atoms with Gasteiger partial charge in [-0.25, -0.2) is 9.97 Å². The van der Waals surface area contributed by atoms with Crippen LogP contribution in [0.5, 0.6) is 0 Å². The highest BCUT2D eigenvalue weighted by atomic mass is 32.2. The molecule has 2 aliphatic rings. The third-order valence-electron chi connectivity index (χ3n) is 6.29. The van der Waals surface area contributed by atoms with E-state index in [1.807, 2.05) is 31.4 Å². The van der Waals surface area contributed by atoms with Crippen LogP contribution < -0.4 is 5.32 Å². The van der Waals surface area contributed by atoms with Crippen molar-refractivity contribution in [3.8, 4) is 0 Å². The van der Waals surface area contributed by atoms with Crippen molar-refractivity contribution < 1.29 is 14.4 Å². The molecular formula is C24H28N4O3S2. The standard InChI is InChI=1S/C24H28N4O3S2/c1-15-14-16(33-24-25-11-5-12-26-24)8-9-19(15)27-21(29)20(10-13-32-2)28-22(30)17-6-3-4-7-18(17)23(28)31/h5,8-9,11-12,14,17-18,20H,3-4,6-7,10,13H2,1-2H3,(H,27,29). The molecule has 7 nitrogen and oxygen atoms in total. The highest BCUT2D eigenvalue weighted by Gasteiger charge is 2.51. The number of anilines is 1. The monoisotopic (exact) mass is 484 g/mol. The Morgan fingerprint density at radius 2 is 1.82 bits per heavy atom. The highest BCUT2D eigenvalue weighted by Crippen LogP contribution is 2.39. The van der Waals surface area contributed by atoms with Crippen LogP contribution in [0.1, 0.15) is 37.7 Å². The normalized spacial score (nSPS) is 21.1. The van der Waals surface area contributed by atoms with Crippen LogP contribution in [0.2, 0.25) is 0 Å². The number of aryl methyl sites for hydroxylation is 1. The summed E-state index contributed by atoms with van der Waals surface area (Å²) in [4.78, 5) is 50.2. The predicted octanol–water partition coefficient (Wildman–Crippen LogP) is 4.17. The molecule has 1 saturated heterocycles. The molecule has 3 unspecified atom stereocenters. The summed E-state index contributed by atoms with van der Waals surface area (Å²) in [5, 5.41) is 3.63. The first-order valence-electron chi connectivity index (χ1n) is 11.2. The van der Waals surface area contributed by atoms with E-state index in [-0.39, 0.29) is 29.6 Å². The van der Waals surface area contributed by atoms with Crippen LogP contribution >= 0.6 is 23.5 Å². The number of benzene rings is 1. The van der Waals surface area contributed by atoms with Crippen LogP contribution in [-0.2, 0) is 14.4 Å². The zero-order chi connectivity index (χ0) is 23.4. The van der Waals surface area contributed by atoms with E-state index in [1.54, 1.807) is 30.2 Å². The molecule has 4 rings (SSSR count). The van der Waals surface area contributed by atoms with E-state index in [1.165, 1.54) is 16.7 Å². The highest BCUT2D eigenvalue weighted by molar-refractivity contribution is 7.99. The smallest absolute Gasteiger partial charge is 0.247 e. The van der Waals surface area contributed by atoms with Crippen molar-refractivity contribution in [1.82, 2.24) is 14.9 Å². The SMILES string of the molecule is CSCCC(C(=O)Nc1ccc(Sc2ncccn2)cc1C)N1C(=O)C2CCCCC2C1=O. The number of rotatable bonds is 8. The number of amides is 3. The number of hydrogen-bond donors (Lipinski definition) is 1. The van der Waals surface area contributed by atoms with Gasteiger partial charge in [-0.15, -0.1) is 0 Å². The molecule has 33 heavy (non-hydrogen) atoms. The first-order valence-corrected chi connectivity index (χ1v) is 13.4. The van der Waals surface area contributed by atoms with Gasteiger partial charge in [-0.3, -0.25) is 19.3 Å². The number of thioether (sulfide) groups is 1. The Morgan fingerprint density at radius 3 is 2.42 bits per heavy atom. The molecule has 1 aliphatic heterocycles. The Hall–Kier alpha value is -2.39. The topological polar surface area (TPSA) is 92.3 Å². The lowest BCUT2D eigenvalue weighted by Crippen LogP contribution is -2.48. The second kappa shape index (κ2) is 10.7. The number of likely N-dealkylation sites (tertiary alicyclic amines) is 1. The van der Waals surface area contributed by atoms with E-state index in [0.717, 1.165) is 36.1 Å². The number of aromatic nitrogens is 2. The van der Waals surface area contributed by atoms with Crippen molar-refractivity contribution in [2.45, 2.75) is 55.1 Å². The fourth-order valence-corrected chi connectivity index (χ4v) is 5.87. The lowest BCUT2D eigenvalue weighted by Gasteiger charge is -2.26. The van der Waals surface area contributed by atoms with Crippen LogP contribution in [0.3, 0.4) is 0 Å². The summed E-state index contributed by atoms with van der Waals surface area (Å²) < 4.78 is 0. The predicted molar refractivity (Wildman–Crippen MR) is 130 cm³/mol. The van der Waals surface area contributed by atoms with Gasteiger partial charge in [-0.2, -0.15) is 11.8 Å². The number of carbonyl (C=O) groups is 3. The molecule has 1 aromatic heterocycles. The molecule has 3 amide bonds. The summed E-state index contributed by atoms with van der Waals surface area (Å²) in [6.07, 6.45) is 9.21. The third kappa shape index (κ3) is 5.24. The van der Waals surface area contributed by atoms with E-state index < -0.39 is 6.04 Å². The molecule has 9 heteroatoms. The number of hydrogen-bond acceptors (Lipinski definition) is 7. The van der Waals surface area contributed by atoms with Crippen molar-refractivity contribution in [2.24, 2.45) is 11.8 Å². The zero-order valence-corrected chi connectivity index (χ0v) is 20.5. The van der Waals surface area contributed by atoms with Gasteiger partial charge in [0.25, 0.3) is 0 Å². The molecule has 1 saturated carbocycles. The Kier molecular flexibility index (Phi) is 7.70. The molecule has 1 aromatic carbocycles. The molecule has 3 atom stereocenters. The van der Waals surface area contributed by atoms with E-state index in [9.17, 15) is 14.4 Å². The van der Waals surface area contributed by atoms with E-state index in [2.05, 4.69) is 15.3 Å². The minimum atomic E-state index is -0.783. The van der Waals surface area contributed by atoms with Crippen LogP contribution in [0.15, 0.2) is 46.7 Å². The van der Waals surface area contributed by atoms with Gasteiger partial charge in [0.2, 0.25) is 17.7 Å². The molecule has 1 N–H and O–H groups in total. The number of nitrogens with one attached hydrogen (secondary N) is 1. The molecule has 0 radical (unpaired) electrons. The second-order valence-electron chi connectivity index (χ2n) is 8.44. The van der Waals surface area contributed by atoms with Gasteiger partial charge in [-0.05, 0) is 79.8 Å². The first kappa shape index (κ1) is 23.8. The molecule has 2 heterocycles. The zero-order valence-electron chi connectivity index (χ0n) is 18.8. The quantitative estimate of drug-likeness (QED) is 0.444. The molecular weight excluding hydrogens is 456 g/mol. The summed E-state index contributed by atoms with van der Waals surface area (Å²) in [6.45, 7) is 1.92. The van der Waals surface area contributed by atoms with Crippen molar-refractivity contribution in [2.75, 3.05) is 17.3 Å². The largest absolute Gasteiger partial charge is 0.324 e. The summed E-state index contributed by atoms with van der Waals surface area (Å²) in [5.41, 5.74) is 1.56. The fourth-order valence-electron chi connectivity index (χ4n) is 4.60. The third-order valence-corrected chi connectivity index (χ3v) is 7.82. The van der Waals surface area contributed by atoms with E-state index >= 15 is 0 Å². The van der Waals surface area contributed by atoms with E-state index in [4.69, 9.17) is 0 Å². The molecule has 2 fully saturated rings. The number of nitrogens with zero attached hydrogens (tertiary/aromatic N) is 3. The lowest BCUT2D eigenvalue weighted by molar-refractivity contribution is -0.146. The van der Waals surface area contributed by atoms with E-state index in [0.29, 0.717) is 23.0 Å². The first-order chi connectivity index (χ1) is 16.0. The Balaban J connectivity index is 1.50. The van der Waals surface area contributed by atoms with Crippen molar-refractivity contribution in [3.05, 3.63) is 42.2 Å². The maximum atomic E-state index is 13.3. The van der Waals surface area contributed by atoms with Crippen LogP contribution in [-0.4, -0.2) is 50.6 Å². The van der Waals surface area contributed by atoms with Gasteiger partial charge in [0.05, 0.1) is 11.8 Å². The fraction of sp³-hybridized carbons (Fsp3) is 0.458. The van der Waals surface area contributed by atoms with Crippen molar-refractivity contribution >= 4 is 46.9 Å².